The second-order valence-electron chi connectivity index (χ2n) is 7.82. The zero-order valence-electron chi connectivity index (χ0n) is 17.6. The average molecular weight is 458 g/mol. The Morgan fingerprint density at radius 1 is 1.16 bits per heavy atom. The van der Waals surface area contributed by atoms with Crippen LogP contribution in [0.3, 0.4) is 0 Å². The lowest BCUT2D eigenvalue weighted by Crippen LogP contribution is -2.45. The third-order valence-electron chi connectivity index (χ3n) is 5.64. The first-order valence-corrected chi connectivity index (χ1v) is 11.8. The molecule has 2 unspecified atom stereocenters. The van der Waals surface area contributed by atoms with Crippen LogP contribution in [0.4, 0.5) is 4.39 Å². The number of rotatable bonds is 6. The van der Waals surface area contributed by atoms with Crippen LogP contribution in [0.15, 0.2) is 66.1 Å². The quantitative estimate of drug-likeness (QED) is 0.614. The summed E-state index contributed by atoms with van der Waals surface area (Å²) in [5.41, 5.74) is 1.78. The van der Waals surface area contributed by atoms with Gasteiger partial charge in [-0.15, -0.1) is 0 Å². The number of aromatic nitrogens is 3. The van der Waals surface area contributed by atoms with E-state index >= 15 is 0 Å². The van der Waals surface area contributed by atoms with Gasteiger partial charge >= 0.3 is 0 Å². The van der Waals surface area contributed by atoms with Crippen molar-refractivity contribution in [2.45, 2.75) is 30.7 Å². The summed E-state index contributed by atoms with van der Waals surface area (Å²) in [6.45, 7) is 2.32. The van der Waals surface area contributed by atoms with Gasteiger partial charge < -0.3 is 5.32 Å². The Balaban J connectivity index is 1.40. The Kier molecular flexibility index (Phi) is 6.33. The van der Waals surface area contributed by atoms with Crippen molar-refractivity contribution in [3.63, 3.8) is 0 Å². The van der Waals surface area contributed by atoms with Crippen molar-refractivity contribution >= 4 is 15.9 Å². The number of piperidine rings is 1. The van der Waals surface area contributed by atoms with Crippen LogP contribution in [-0.4, -0.2) is 46.5 Å². The van der Waals surface area contributed by atoms with Crippen LogP contribution >= 0.6 is 0 Å². The molecule has 1 aliphatic rings. The number of nitrogens with zero attached hydrogens (tertiary/aromatic N) is 4. The van der Waals surface area contributed by atoms with E-state index in [1.807, 2.05) is 31.2 Å². The lowest BCUT2D eigenvalue weighted by Gasteiger charge is -2.32. The SMILES string of the molecule is CC(NC(=O)C1CCCN(S(=O)(=O)c2ccc(F)cc2)C1)c1ccc(-n2cncn2)cc1. The molecule has 8 nitrogen and oxygen atoms in total. The molecular formula is C22H24FN5O3S. The second-order valence-corrected chi connectivity index (χ2v) is 9.76. The molecule has 10 heteroatoms. The molecule has 0 saturated carbocycles. The molecule has 1 saturated heterocycles. The maximum atomic E-state index is 13.2. The lowest BCUT2D eigenvalue weighted by atomic mass is 9.98. The molecule has 2 heterocycles. The smallest absolute Gasteiger partial charge is 0.243 e. The zero-order chi connectivity index (χ0) is 22.7. The van der Waals surface area contributed by atoms with Crippen LogP contribution in [0.2, 0.25) is 0 Å². The molecular weight excluding hydrogens is 433 g/mol. The van der Waals surface area contributed by atoms with Gasteiger partial charge in [-0.2, -0.15) is 9.40 Å². The van der Waals surface area contributed by atoms with E-state index in [-0.39, 0.29) is 23.4 Å². The summed E-state index contributed by atoms with van der Waals surface area (Å²) in [6.07, 6.45) is 4.26. The van der Waals surface area contributed by atoms with Crippen molar-refractivity contribution in [3.05, 3.63) is 72.6 Å². The third kappa shape index (κ3) is 4.71. The summed E-state index contributed by atoms with van der Waals surface area (Å²) in [6, 6.07) is 12.1. The van der Waals surface area contributed by atoms with Crippen LogP contribution in [-0.2, 0) is 14.8 Å². The maximum absolute atomic E-state index is 13.2. The van der Waals surface area contributed by atoms with Crippen molar-refractivity contribution in [2.75, 3.05) is 13.1 Å². The standard InChI is InChI=1S/C22H24FN5O3S/c1-16(17-4-8-20(9-5-17)28-15-24-14-25-28)26-22(29)18-3-2-12-27(13-18)32(30,31)21-10-6-19(23)7-11-21/h4-11,14-16,18H,2-3,12-13H2,1H3,(H,26,29). The fourth-order valence-corrected chi connectivity index (χ4v) is 5.33. The van der Waals surface area contributed by atoms with E-state index in [0.717, 1.165) is 23.4 Å². The van der Waals surface area contributed by atoms with E-state index in [1.54, 1.807) is 11.0 Å². The molecule has 0 bridgehead atoms. The van der Waals surface area contributed by atoms with E-state index in [9.17, 15) is 17.6 Å². The van der Waals surface area contributed by atoms with Crippen LogP contribution in [0.5, 0.6) is 0 Å². The third-order valence-corrected chi connectivity index (χ3v) is 7.52. The minimum atomic E-state index is -3.78. The summed E-state index contributed by atoms with van der Waals surface area (Å²) in [7, 11) is -3.78. The number of carbonyl (C=O) groups is 1. The molecule has 0 radical (unpaired) electrons. The average Bonchev–Trinajstić information content (AvgIpc) is 3.34. The Bertz CT molecular complexity index is 1170. The highest BCUT2D eigenvalue weighted by Crippen LogP contribution is 2.25. The van der Waals surface area contributed by atoms with E-state index in [2.05, 4.69) is 15.4 Å². The highest BCUT2D eigenvalue weighted by molar-refractivity contribution is 7.89. The molecule has 0 spiro atoms. The van der Waals surface area contributed by atoms with Gasteiger partial charge in [0.2, 0.25) is 15.9 Å². The molecule has 2 aromatic carbocycles. The predicted molar refractivity (Wildman–Crippen MR) is 116 cm³/mol. The van der Waals surface area contributed by atoms with Crippen molar-refractivity contribution in [2.24, 2.45) is 5.92 Å². The van der Waals surface area contributed by atoms with Gasteiger partial charge in [-0.05, 0) is 61.7 Å². The van der Waals surface area contributed by atoms with Crippen molar-refractivity contribution in [3.8, 4) is 5.69 Å². The molecule has 4 rings (SSSR count). The van der Waals surface area contributed by atoms with Crippen LogP contribution in [0.25, 0.3) is 5.69 Å². The predicted octanol–water partition coefficient (Wildman–Crippen LogP) is 2.68. The normalized spacial score (nSPS) is 18.2. The highest BCUT2D eigenvalue weighted by Gasteiger charge is 2.33. The van der Waals surface area contributed by atoms with E-state index in [1.165, 1.54) is 22.8 Å². The van der Waals surface area contributed by atoms with Crippen molar-refractivity contribution in [1.29, 1.82) is 0 Å². The Morgan fingerprint density at radius 2 is 1.88 bits per heavy atom. The Hall–Kier alpha value is -3.11. The largest absolute Gasteiger partial charge is 0.349 e. The monoisotopic (exact) mass is 457 g/mol. The van der Waals surface area contributed by atoms with Crippen molar-refractivity contribution in [1.82, 2.24) is 24.4 Å². The van der Waals surface area contributed by atoms with Gasteiger partial charge in [0.05, 0.1) is 22.5 Å². The van der Waals surface area contributed by atoms with Gasteiger partial charge in [0, 0.05) is 13.1 Å². The minimum absolute atomic E-state index is 0.0285. The molecule has 1 aromatic heterocycles. The highest BCUT2D eigenvalue weighted by atomic mass is 32.2. The maximum Gasteiger partial charge on any atom is 0.243 e. The molecule has 1 N–H and O–H groups in total. The van der Waals surface area contributed by atoms with Crippen LogP contribution < -0.4 is 5.32 Å². The van der Waals surface area contributed by atoms with Gasteiger partial charge in [-0.25, -0.2) is 22.5 Å². The summed E-state index contributed by atoms with van der Waals surface area (Å²) < 4.78 is 41.9. The molecule has 3 aromatic rings. The molecule has 32 heavy (non-hydrogen) atoms. The number of benzene rings is 2. The second kappa shape index (κ2) is 9.17. The molecule has 168 valence electrons. The number of hydrogen-bond donors (Lipinski definition) is 1. The fraction of sp³-hybridized carbons (Fsp3) is 0.318. The van der Waals surface area contributed by atoms with Gasteiger partial charge in [0.25, 0.3) is 0 Å². The summed E-state index contributed by atoms with van der Waals surface area (Å²) in [5.74, 6) is -1.13. The fourth-order valence-electron chi connectivity index (χ4n) is 3.80. The first-order valence-electron chi connectivity index (χ1n) is 10.4. The topological polar surface area (TPSA) is 97.2 Å². The number of hydrogen-bond acceptors (Lipinski definition) is 5. The number of halogens is 1. The number of amides is 1. The molecule has 0 aliphatic carbocycles. The van der Waals surface area contributed by atoms with E-state index in [0.29, 0.717) is 19.4 Å². The van der Waals surface area contributed by atoms with E-state index in [4.69, 9.17) is 0 Å². The van der Waals surface area contributed by atoms with Crippen LogP contribution in [0, 0.1) is 11.7 Å². The summed E-state index contributed by atoms with van der Waals surface area (Å²) in [4.78, 5) is 16.8. The zero-order valence-corrected chi connectivity index (χ0v) is 18.4. The van der Waals surface area contributed by atoms with Gasteiger partial charge in [0.1, 0.15) is 18.5 Å². The lowest BCUT2D eigenvalue weighted by molar-refractivity contribution is -0.126. The van der Waals surface area contributed by atoms with Gasteiger partial charge in [-0.3, -0.25) is 4.79 Å². The van der Waals surface area contributed by atoms with Crippen LogP contribution in [0.1, 0.15) is 31.4 Å². The van der Waals surface area contributed by atoms with Crippen molar-refractivity contribution < 1.29 is 17.6 Å². The molecule has 1 amide bonds. The molecule has 1 fully saturated rings. The summed E-state index contributed by atoms with van der Waals surface area (Å²) >= 11 is 0. The minimum Gasteiger partial charge on any atom is -0.349 e. The summed E-state index contributed by atoms with van der Waals surface area (Å²) in [5, 5.41) is 7.08. The number of carbonyl (C=O) groups excluding carboxylic acids is 1. The molecule has 2 atom stereocenters. The van der Waals surface area contributed by atoms with Gasteiger partial charge in [0.15, 0.2) is 0 Å². The Labute approximate surface area is 186 Å². The number of nitrogens with one attached hydrogen (secondary N) is 1. The van der Waals surface area contributed by atoms with Gasteiger partial charge in [-0.1, -0.05) is 12.1 Å². The Morgan fingerprint density at radius 3 is 2.53 bits per heavy atom. The first-order chi connectivity index (χ1) is 15.3. The molecule has 1 aliphatic heterocycles. The first kappa shape index (κ1) is 22.1. The van der Waals surface area contributed by atoms with E-state index < -0.39 is 21.8 Å². The number of sulfonamides is 1.